The molecule has 2 aromatic carbocycles. The molecule has 11 heteroatoms. The van der Waals surface area contributed by atoms with E-state index < -0.39 is 26.7 Å². The summed E-state index contributed by atoms with van der Waals surface area (Å²) in [6.45, 7) is 14.8. The maximum atomic E-state index is 14.4. The fraction of sp³-hybridized carbons (Fsp3) is 0.455. The number of amides is 2. The molecule has 0 saturated heterocycles. The minimum absolute atomic E-state index is 0.0000829. The minimum atomic E-state index is -2.52. The standard InChI is InChI=1S/C33H43BrN2O7Si/c1-9-16-42-32(38)36-26-20-29(41-17-10-15-34)28(40-6)19-25(26)30(37)35-21-23(22-11-13-24(39-5)14-12-22)18-27(35)31(36)43-44(7,8)33(2,3)4/h9,11-14,19-21,27,31H,1,10,15-18H2,2-8H3/t27-,31?/m0/s1. The predicted molar refractivity (Wildman–Crippen MR) is 179 cm³/mol. The van der Waals surface area contributed by atoms with E-state index in [9.17, 15) is 9.59 Å². The van der Waals surface area contributed by atoms with Crippen LogP contribution in [-0.4, -0.2) is 70.3 Å². The minimum Gasteiger partial charge on any atom is -0.497 e. The van der Waals surface area contributed by atoms with Crippen molar-refractivity contribution >= 4 is 47.5 Å². The van der Waals surface area contributed by atoms with Crippen LogP contribution in [0.5, 0.6) is 17.2 Å². The molecule has 0 radical (unpaired) electrons. The van der Waals surface area contributed by atoms with E-state index in [1.807, 2.05) is 30.5 Å². The van der Waals surface area contributed by atoms with Gasteiger partial charge in [0.05, 0.1) is 38.1 Å². The van der Waals surface area contributed by atoms with Gasteiger partial charge in [-0.1, -0.05) is 61.5 Å². The summed E-state index contributed by atoms with van der Waals surface area (Å²) in [6, 6.07) is 10.5. The highest BCUT2D eigenvalue weighted by Crippen LogP contribution is 2.46. The number of halogens is 1. The van der Waals surface area contributed by atoms with Crippen LogP contribution in [-0.2, 0) is 9.16 Å². The second-order valence-electron chi connectivity index (χ2n) is 12.3. The van der Waals surface area contributed by atoms with Crippen molar-refractivity contribution < 1.29 is 33.0 Å². The lowest BCUT2D eigenvalue weighted by molar-refractivity contribution is 0.0590. The Balaban J connectivity index is 1.93. The van der Waals surface area contributed by atoms with Crippen LogP contribution in [0.25, 0.3) is 5.57 Å². The van der Waals surface area contributed by atoms with Gasteiger partial charge in [0.2, 0.25) is 0 Å². The summed E-state index contributed by atoms with van der Waals surface area (Å²) in [4.78, 5) is 31.6. The Bertz CT molecular complexity index is 1400. The Morgan fingerprint density at radius 3 is 2.41 bits per heavy atom. The quantitative estimate of drug-likeness (QED) is 0.104. The summed E-state index contributed by atoms with van der Waals surface area (Å²) in [6.07, 6.45) is 3.11. The zero-order valence-electron chi connectivity index (χ0n) is 26.6. The third-order valence-electron chi connectivity index (χ3n) is 8.41. The van der Waals surface area contributed by atoms with Gasteiger partial charge in [0, 0.05) is 17.6 Å². The molecule has 2 atom stereocenters. The molecule has 0 spiro atoms. The smallest absolute Gasteiger partial charge is 0.416 e. The lowest BCUT2D eigenvalue weighted by atomic mass is 10.0. The van der Waals surface area contributed by atoms with Crippen molar-refractivity contribution in [3.63, 3.8) is 0 Å². The summed E-state index contributed by atoms with van der Waals surface area (Å²) in [5, 5.41) is 0.586. The first-order valence-electron chi connectivity index (χ1n) is 14.7. The lowest BCUT2D eigenvalue weighted by Crippen LogP contribution is -2.57. The number of ether oxygens (including phenoxy) is 4. The third-order valence-corrected chi connectivity index (χ3v) is 13.4. The van der Waals surface area contributed by atoms with Crippen molar-refractivity contribution in [1.29, 1.82) is 0 Å². The molecule has 4 rings (SSSR count). The zero-order chi connectivity index (χ0) is 32.2. The van der Waals surface area contributed by atoms with E-state index in [0.29, 0.717) is 30.2 Å². The SMILES string of the molecule is C=CCOC(=O)N1c2cc(OCCCBr)c(OC)cc2C(=O)N2C=C(c3ccc(OC)cc3)C[C@H]2C1O[Si](C)(C)C(C)(C)C. The van der Waals surface area contributed by atoms with Crippen molar-refractivity contribution in [3.8, 4) is 17.2 Å². The number of anilines is 1. The Morgan fingerprint density at radius 2 is 1.82 bits per heavy atom. The average Bonchev–Trinajstić information content (AvgIpc) is 3.41. The molecule has 0 aliphatic carbocycles. The second-order valence-corrected chi connectivity index (χ2v) is 17.8. The van der Waals surface area contributed by atoms with E-state index in [1.165, 1.54) is 18.1 Å². The third kappa shape index (κ3) is 6.84. The van der Waals surface area contributed by atoms with E-state index in [-0.39, 0.29) is 23.1 Å². The van der Waals surface area contributed by atoms with Gasteiger partial charge in [0.1, 0.15) is 12.4 Å². The summed E-state index contributed by atoms with van der Waals surface area (Å²) in [7, 11) is 0.636. The fourth-order valence-corrected chi connectivity index (χ4v) is 6.42. The number of hydrogen-bond donors (Lipinski definition) is 0. The van der Waals surface area contributed by atoms with Crippen LogP contribution in [0.2, 0.25) is 18.1 Å². The Hall–Kier alpha value is -3.28. The van der Waals surface area contributed by atoms with Gasteiger partial charge >= 0.3 is 6.09 Å². The summed E-state index contributed by atoms with van der Waals surface area (Å²) >= 11 is 3.43. The maximum absolute atomic E-state index is 14.4. The first kappa shape index (κ1) is 33.6. The number of fused-ring (bicyclic) bond motifs is 2. The lowest BCUT2D eigenvalue weighted by Gasteiger charge is -2.44. The van der Waals surface area contributed by atoms with Gasteiger partial charge < -0.3 is 28.3 Å². The molecule has 238 valence electrons. The molecule has 2 amide bonds. The summed E-state index contributed by atoms with van der Waals surface area (Å²) in [5.41, 5.74) is 2.52. The van der Waals surface area contributed by atoms with Crippen LogP contribution in [0.1, 0.15) is 49.5 Å². The van der Waals surface area contributed by atoms with Crippen molar-refractivity contribution in [2.75, 3.05) is 37.7 Å². The molecule has 0 aromatic heterocycles. The van der Waals surface area contributed by atoms with E-state index in [2.05, 4.69) is 56.4 Å². The largest absolute Gasteiger partial charge is 0.497 e. The molecule has 9 nitrogen and oxygen atoms in total. The summed E-state index contributed by atoms with van der Waals surface area (Å²) in [5.74, 6) is 1.28. The highest BCUT2D eigenvalue weighted by atomic mass is 79.9. The number of benzene rings is 2. The topological polar surface area (TPSA) is 86.8 Å². The number of rotatable bonds is 11. The molecule has 2 aliphatic heterocycles. The number of methoxy groups -OCH3 is 2. The molecule has 1 unspecified atom stereocenters. The van der Waals surface area contributed by atoms with Gasteiger partial charge in [-0.3, -0.25) is 4.79 Å². The first-order valence-corrected chi connectivity index (χ1v) is 18.7. The highest BCUT2D eigenvalue weighted by Gasteiger charge is 2.51. The number of carbonyl (C=O) groups excluding carboxylic acids is 2. The molecular weight excluding hydrogens is 644 g/mol. The molecule has 0 saturated carbocycles. The first-order chi connectivity index (χ1) is 20.9. The van der Waals surface area contributed by atoms with Crippen molar-refractivity contribution in [3.05, 3.63) is 66.4 Å². The number of carbonyl (C=O) groups is 2. The van der Waals surface area contributed by atoms with Crippen LogP contribution in [0.4, 0.5) is 10.5 Å². The van der Waals surface area contributed by atoms with Crippen LogP contribution in [0.3, 0.4) is 0 Å². The van der Waals surface area contributed by atoms with E-state index >= 15 is 0 Å². The van der Waals surface area contributed by atoms with Gasteiger partial charge in [-0.25, -0.2) is 9.69 Å². The fourth-order valence-electron chi connectivity index (χ4n) is 4.97. The van der Waals surface area contributed by atoms with Crippen molar-refractivity contribution in [1.82, 2.24) is 4.90 Å². The van der Waals surface area contributed by atoms with E-state index in [0.717, 1.165) is 28.6 Å². The molecule has 0 N–H and O–H groups in total. The van der Waals surface area contributed by atoms with Crippen LogP contribution in [0.15, 0.2) is 55.3 Å². The highest BCUT2D eigenvalue weighted by molar-refractivity contribution is 9.09. The zero-order valence-corrected chi connectivity index (χ0v) is 29.2. The number of alkyl halides is 1. The molecule has 0 bridgehead atoms. The maximum Gasteiger partial charge on any atom is 0.416 e. The van der Waals surface area contributed by atoms with Gasteiger partial charge in [0.15, 0.2) is 26.0 Å². The molecule has 0 fully saturated rings. The van der Waals surface area contributed by atoms with Gasteiger partial charge in [-0.2, -0.15) is 0 Å². The Kier molecular flexibility index (Phi) is 10.5. The van der Waals surface area contributed by atoms with Crippen molar-refractivity contribution in [2.45, 2.75) is 64.0 Å². The van der Waals surface area contributed by atoms with E-state index in [1.54, 1.807) is 24.1 Å². The average molecular weight is 688 g/mol. The monoisotopic (exact) mass is 686 g/mol. The van der Waals surface area contributed by atoms with Crippen molar-refractivity contribution in [2.24, 2.45) is 0 Å². The number of hydrogen-bond acceptors (Lipinski definition) is 7. The predicted octanol–water partition coefficient (Wildman–Crippen LogP) is 7.61. The van der Waals surface area contributed by atoms with Crippen LogP contribution >= 0.6 is 15.9 Å². The Labute approximate surface area is 270 Å². The van der Waals surface area contributed by atoms with Crippen LogP contribution < -0.4 is 19.1 Å². The summed E-state index contributed by atoms with van der Waals surface area (Å²) < 4.78 is 29.8. The molecule has 2 aliphatic rings. The molecule has 44 heavy (non-hydrogen) atoms. The van der Waals surface area contributed by atoms with E-state index in [4.69, 9.17) is 23.4 Å². The number of nitrogens with zero attached hydrogens (tertiary/aromatic N) is 2. The van der Waals surface area contributed by atoms with Gasteiger partial charge in [0.25, 0.3) is 5.91 Å². The normalized spacial score (nSPS) is 18.2. The molecule has 2 heterocycles. The van der Waals surface area contributed by atoms with Gasteiger partial charge in [-0.15, -0.1) is 0 Å². The van der Waals surface area contributed by atoms with Gasteiger partial charge in [-0.05, 0) is 60.3 Å². The molecular formula is C33H43BrN2O7Si. The van der Waals surface area contributed by atoms with Crippen LogP contribution in [0, 0.1) is 0 Å². The molecule has 2 aromatic rings. The Morgan fingerprint density at radius 1 is 1.11 bits per heavy atom. The second kappa shape index (κ2) is 13.8.